The summed E-state index contributed by atoms with van der Waals surface area (Å²) in [6, 6.07) is -1.10. The Kier molecular flexibility index (Phi) is 9.50. The highest BCUT2D eigenvalue weighted by molar-refractivity contribution is 8.01. The Morgan fingerprint density at radius 2 is 2.05 bits per heavy atom. The van der Waals surface area contributed by atoms with Gasteiger partial charge in [0.1, 0.15) is 23.2 Å². The van der Waals surface area contributed by atoms with Crippen molar-refractivity contribution in [2.24, 2.45) is 5.16 Å². The number of anilines is 4. The molecule has 2 aliphatic rings. The number of thioether (sulfide) groups is 2. The predicted molar refractivity (Wildman–Crippen MR) is 157 cm³/mol. The summed E-state index contributed by atoms with van der Waals surface area (Å²) in [5, 5.41) is 28.8. The maximum atomic E-state index is 13.2. The molecule has 2 aromatic heterocycles. The van der Waals surface area contributed by atoms with Gasteiger partial charge in [-0.05, 0) is 31.2 Å². The highest BCUT2D eigenvalue weighted by Crippen LogP contribution is 2.41. The van der Waals surface area contributed by atoms with Crippen molar-refractivity contribution in [3.05, 3.63) is 22.3 Å². The van der Waals surface area contributed by atoms with Crippen molar-refractivity contribution in [1.29, 1.82) is 0 Å². The van der Waals surface area contributed by atoms with Gasteiger partial charge in [0.05, 0.1) is 24.6 Å². The van der Waals surface area contributed by atoms with E-state index in [-0.39, 0.29) is 57.5 Å². The smallest absolute Gasteiger partial charge is 0.307 e. The van der Waals surface area contributed by atoms with Crippen LogP contribution in [0.25, 0.3) is 0 Å². The summed E-state index contributed by atoms with van der Waals surface area (Å²) in [7, 11) is 0. The van der Waals surface area contributed by atoms with E-state index in [1.54, 1.807) is 4.57 Å². The number of nitrogen functional groups attached to an aromatic ring is 4. The number of oxime groups is 1. The molecule has 0 saturated carbocycles. The van der Waals surface area contributed by atoms with Crippen LogP contribution in [-0.2, 0) is 30.6 Å². The molecule has 17 nitrogen and oxygen atoms in total. The van der Waals surface area contributed by atoms with Crippen LogP contribution in [0.5, 0.6) is 0 Å². The third-order valence-electron chi connectivity index (χ3n) is 6.27. The lowest BCUT2D eigenvalue weighted by Gasteiger charge is -2.50. The minimum absolute atomic E-state index is 0.0402. The quantitative estimate of drug-likeness (QED) is 0.0359. The van der Waals surface area contributed by atoms with Gasteiger partial charge in [-0.2, -0.15) is 0 Å². The van der Waals surface area contributed by atoms with Gasteiger partial charge in [0, 0.05) is 16.9 Å². The van der Waals surface area contributed by atoms with Crippen LogP contribution in [0.2, 0.25) is 0 Å². The van der Waals surface area contributed by atoms with Gasteiger partial charge >= 0.3 is 11.1 Å². The monoisotopic (exact) mass is 652 g/mol. The predicted octanol–water partition coefficient (Wildman–Crippen LogP) is -2.05. The Bertz CT molecular complexity index is 1550. The number of fused-ring (bicyclic) bond motifs is 1. The number of carboxylic acid groups (broad SMARTS) is 2. The minimum atomic E-state index is -1.55. The second kappa shape index (κ2) is 12.9. The first kappa shape index (κ1) is 31.6. The number of hydrogen-bond donors (Lipinski definition) is 6. The van der Waals surface area contributed by atoms with Crippen LogP contribution in [0.15, 0.2) is 27.0 Å². The van der Waals surface area contributed by atoms with E-state index in [0.29, 0.717) is 17.3 Å². The molecule has 4 heterocycles. The first-order chi connectivity index (χ1) is 20.3. The van der Waals surface area contributed by atoms with Crippen LogP contribution < -0.4 is 37.9 Å². The van der Waals surface area contributed by atoms with E-state index in [0.717, 1.165) is 16.2 Å². The lowest BCUT2D eigenvalue weighted by atomic mass is 10.0. The number of hydrogen-bond acceptors (Lipinski definition) is 16. The van der Waals surface area contributed by atoms with Gasteiger partial charge in [-0.15, -0.1) is 23.1 Å². The van der Waals surface area contributed by atoms with Crippen LogP contribution in [0.4, 0.5) is 22.5 Å². The summed E-state index contributed by atoms with van der Waals surface area (Å²) >= 11 is 3.46. The van der Waals surface area contributed by atoms with Crippen molar-refractivity contribution >= 4 is 86.8 Å². The lowest BCUT2D eigenvalue weighted by Crippen LogP contribution is -2.71. The van der Waals surface area contributed by atoms with Crippen LogP contribution in [-0.4, -0.2) is 78.5 Å². The fourth-order valence-corrected chi connectivity index (χ4v) is 7.30. The molecule has 230 valence electrons. The van der Waals surface area contributed by atoms with Crippen molar-refractivity contribution in [2.45, 2.75) is 49.5 Å². The number of carbonyl (C=O) groups is 4. The van der Waals surface area contributed by atoms with Crippen molar-refractivity contribution in [1.82, 2.24) is 20.2 Å². The van der Waals surface area contributed by atoms with Gasteiger partial charge in [0.25, 0.3) is 11.8 Å². The Balaban J connectivity index is 1.52. The number of β-lactam (4-membered cyclic amide) rings is 1. The van der Waals surface area contributed by atoms with Gasteiger partial charge < -0.3 is 48.1 Å². The SMILES string of the molecule is CC[n+]1c(SCC2=C(C(=O)[O-])N3C(=O)C(NC(=O)/C(=N\OC(C)CC(=O)O)c4csc(N)n4)[C@H]3SC2)nc(N)c(N)c1N. The fraction of sp³-hybridized carbons (Fsp3) is 0.391. The van der Waals surface area contributed by atoms with E-state index >= 15 is 0 Å². The Morgan fingerprint density at radius 3 is 2.65 bits per heavy atom. The van der Waals surface area contributed by atoms with Crippen LogP contribution >= 0.6 is 34.9 Å². The molecule has 20 heteroatoms. The third kappa shape index (κ3) is 6.54. The number of aromatic nitrogens is 3. The van der Waals surface area contributed by atoms with Crippen molar-refractivity contribution < 1.29 is 38.8 Å². The minimum Gasteiger partial charge on any atom is -0.543 e. The van der Waals surface area contributed by atoms with Crippen molar-refractivity contribution in [3.8, 4) is 0 Å². The number of aliphatic carboxylic acids is 2. The maximum Gasteiger partial charge on any atom is 0.307 e. The molecule has 0 aromatic carbocycles. The Hall–Kier alpha value is -4.30. The molecular weight excluding hydrogens is 625 g/mol. The van der Waals surface area contributed by atoms with Gasteiger partial charge in [0.2, 0.25) is 11.6 Å². The molecule has 1 saturated heterocycles. The largest absolute Gasteiger partial charge is 0.543 e. The zero-order valence-electron chi connectivity index (χ0n) is 22.8. The summed E-state index contributed by atoms with van der Waals surface area (Å²) in [6.07, 6.45) is -1.25. The van der Waals surface area contributed by atoms with E-state index in [4.69, 9.17) is 32.9 Å². The van der Waals surface area contributed by atoms with Crippen LogP contribution in [0, 0.1) is 0 Å². The Labute approximate surface area is 256 Å². The van der Waals surface area contributed by atoms with E-state index in [2.05, 4.69) is 20.4 Å². The number of thiazole rings is 1. The van der Waals surface area contributed by atoms with Crippen molar-refractivity contribution in [2.75, 3.05) is 34.4 Å². The summed E-state index contributed by atoms with van der Waals surface area (Å²) in [4.78, 5) is 64.1. The van der Waals surface area contributed by atoms with Gasteiger partial charge in [0.15, 0.2) is 16.5 Å². The highest BCUT2D eigenvalue weighted by Gasteiger charge is 2.53. The third-order valence-corrected chi connectivity index (χ3v) is 9.35. The van der Waals surface area contributed by atoms with E-state index < -0.39 is 41.3 Å². The zero-order valence-corrected chi connectivity index (χ0v) is 25.3. The molecule has 3 atom stereocenters. The molecule has 2 amide bonds. The number of carboxylic acids is 2. The average molecular weight is 653 g/mol. The standard InChI is InChI=1S/C23H28N10O7S3/c1-3-32-17(26)12(24)16(25)30-23(32)43-6-9-5-41-20-14(19(37)33(20)15(9)21(38)39)29-18(36)13(10-7-42-22(27)28-10)31-40-8(2)4-11(34)35/h7-8,14,20H,3-6H2,1-2H3,(H10,24,25,26,27,28,29,31,34,35,36,38,39)/t8?,14?,20-/m1/s1. The lowest BCUT2D eigenvalue weighted by molar-refractivity contribution is -0.719. The molecule has 0 radical (unpaired) electrons. The number of nitrogens with one attached hydrogen (secondary N) is 1. The zero-order chi connectivity index (χ0) is 31.6. The van der Waals surface area contributed by atoms with Gasteiger partial charge in [-0.1, -0.05) is 10.1 Å². The summed E-state index contributed by atoms with van der Waals surface area (Å²) < 4.78 is 1.63. The molecule has 2 unspecified atom stereocenters. The van der Waals surface area contributed by atoms with Crippen LogP contribution in [0.1, 0.15) is 26.0 Å². The molecule has 4 rings (SSSR count). The number of amides is 2. The topological polar surface area (TPSA) is 282 Å². The summed E-state index contributed by atoms with van der Waals surface area (Å²) in [5.74, 6) is -3.58. The molecule has 0 bridgehead atoms. The normalized spacial score (nSPS) is 19.0. The second-order valence-corrected chi connectivity index (χ2v) is 12.2. The summed E-state index contributed by atoms with van der Waals surface area (Å²) in [5.41, 5.74) is 23.5. The van der Waals surface area contributed by atoms with E-state index in [9.17, 15) is 24.3 Å². The van der Waals surface area contributed by atoms with Crippen LogP contribution in [0.3, 0.4) is 0 Å². The van der Waals surface area contributed by atoms with Gasteiger partial charge in [-0.25, -0.2) is 9.55 Å². The summed E-state index contributed by atoms with van der Waals surface area (Å²) in [6.45, 7) is 3.72. The van der Waals surface area contributed by atoms with Crippen molar-refractivity contribution in [3.63, 3.8) is 0 Å². The first-order valence-electron chi connectivity index (χ1n) is 12.6. The molecular formula is C23H28N10O7S3. The molecule has 2 aromatic rings. The molecule has 2 aliphatic heterocycles. The molecule has 10 N–H and O–H groups in total. The highest BCUT2D eigenvalue weighted by atomic mass is 32.2. The van der Waals surface area contributed by atoms with E-state index in [1.165, 1.54) is 35.8 Å². The molecule has 0 spiro atoms. The molecule has 0 aliphatic carbocycles. The fourth-order valence-electron chi connectivity index (χ4n) is 4.19. The number of rotatable bonds is 12. The number of nitrogens with two attached hydrogens (primary N) is 4. The molecule has 43 heavy (non-hydrogen) atoms. The second-order valence-electron chi connectivity index (χ2n) is 9.24. The first-order valence-corrected chi connectivity index (χ1v) is 15.5. The maximum absolute atomic E-state index is 13.2. The van der Waals surface area contributed by atoms with Gasteiger partial charge in [-0.3, -0.25) is 19.3 Å². The van der Waals surface area contributed by atoms with E-state index in [1.807, 2.05) is 6.92 Å². The number of carbonyl (C=O) groups excluding carboxylic acids is 3. The molecule has 1 fully saturated rings. The Morgan fingerprint density at radius 1 is 1.33 bits per heavy atom. The average Bonchev–Trinajstić information content (AvgIpc) is 3.38. The number of nitrogens with zero attached hydrogens (tertiary/aromatic N) is 5.